The van der Waals surface area contributed by atoms with Crippen LogP contribution in [0, 0.1) is 11.3 Å². The first-order valence-electron chi connectivity index (χ1n) is 10.1. The van der Waals surface area contributed by atoms with Gasteiger partial charge in [0.25, 0.3) is 5.91 Å². The van der Waals surface area contributed by atoms with Crippen molar-refractivity contribution < 1.29 is 19.4 Å². The van der Waals surface area contributed by atoms with Crippen LogP contribution in [0.3, 0.4) is 0 Å². The monoisotopic (exact) mass is 438 g/mol. The average Bonchev–Trinajstić information content (AvgIpc) is 2.77. The fraction of sp³-hybridized carbons (Fsp3) is 0.280. The number of carbonyl (C=O) groups excluding carboxylic acids is 2. The number of para-hydroxylation sites is 1. The first-order chi connectivity index (χ1) is 14.8. The number of amides is 1. The van der Waals surface area contributed by atoms with E-state index in [4.69, 9.17) is 16.3 Å². The normalized spacial score (nSPS) is 20.3. The highest BCUT2D eigenvalue weighted by molar-refractivity contribution is 6.24. The van der Waals surface area contributed by atoms with Crippen molar-refractivity contribution >= 4 is 23.5 Å². The van der Waals surface area contributed by atoms with E-state index in [0.717, 1.165) is 5.56 Å². The number of methoxy groups -OCH3 is 1. The molecule has 2 atom stereocenters. The number of alkyl halides is 1. The van der Waals surface area contributed by atoms with E-state index >= 15 is 0 Å². The number of ether oxygens (including phenoxy) is 1. The predicted molar refractivity (Wildman–Crippen MR) is 118 cm³/mol. The fourth-order valence-electron chi connectivity index (χ4n) is 3.79. The van der Waals surface area contributed by atoms with Gasteiger partial charge < -0.3 is 19.5 Å². The van der Waals surface area contributed by atoms with E-state index in [9.17, 15) is 14.7 Å². The van der Waals surface area contributed by atoms with Crippen LogP contribution in [0.5, 0.6) is 5.75 Å². The number of hydrogen-bond acceptors (Lipinski definition) is 4. The van der Waals surface area contributed by atoms with E-state index in [1.165, 1.54) is 7.11 Å². The molecule has 2 aromatic carbocycles. The Balaban J connectivity index is 2.13. The van der Waals surface area contributed by atoms with Crippen LogP contribution in [-0.2, 0) is 11.3 Å². The van der Waals surface area contributed by atoms with Gasteiger partial charge in [0.2, 0.25) is 0 Å². The molecule has 0 saturated heterocycles. The highest BCUT2D eigenvalue weighted by Gasteiger charge is 2.42. The van der Waals surface area contributed by atoms with Gasteiger partial charge in [0, 0.05) is 5.70 Å². The van der Waals surface area contributed by atoms with Crippen LogP contribution in [0.1, 0.15) is 29.8 Å². The van der Waals surface area contributed by atoms with Gasteiger partial charge in [-0.15, -0.1) is 11.6 Å². The van der Waals surface area contributed by atoms with Crippen molar-refractivity contribution in [1.29, 1.82) is 0 Å². The van der Waals surface area contributed by atoms with Gasteiger partial charge in [-0.2, -0.15) is 0 Å². The van der Waals surface area contributed by atoms with Crippen molar-refractivity contribution in [3.8, 4) is 5.75 Å². The van der Waals surface area contributed by atoms with E-state index < -0.39 is 16.8 Å². The number of hydrogen-bond donors (Lipinski definition) is 0. The van der Waals surface area contributed by atoms with Gasteiger partial charge in [-0.3, -0.25) is 4.79 Å². The number of carbonyl (C=O) groups is 2. The summed E-state index contributed by atoms with van der Waals surface area (Å²) in [6.45, 7) is 3.81. The molecular formula is C25H25ClNO4-. The van der Waals surface area contributed by atoms with E-state index in [2.05, 4.69) is 0 Å². The Kier molecular flexibility index (Phi) is 6.86. The van der Waals surface area contributed by atoms with E-state index in [1.54, 1.807) is 61.2 Å². The Labute approximate surface area is 187 Å². The zero-order valence-corrected chi connectivity index (χ0v) is 18.5. The van der Waals surface area contributed by atoms with Crippen LogP contribution < -0.4 is 9.84 Å². The molecule has 162 valence electrons. The van der Waals surface area contributed by atoms with E-state index in [1.807, 2.05) is 30.3 Å². The lowest BCUT2D eigenvalue weighted by Crippen LogP contribution is -2.51. The molecule has 0 N–H and O–H groups in total. The lowest BCUT2D eigenvalue weighted by atomic mass is 9.71. The Bertz CT molecular complexity index is 1020. The predicted octanol–water partition coefficient (Wildman–Crippen LogP) is 3.79. The van der Waals surface area contributed by atoms with Crippen LogP contribution in [0.15, 0.2) is 78.5 Å². The number of aliphatic carboxylic acids is 1. The molecule has 1 aliphatic rings. The van der Waals surface area contributed by atoms with Gasteiger partial charge >= 0.3 is 0 Å². The number of allylic oxidation sites excluding steroid dienone is 2. The molecule has 0 aliphatic heterocycles. The molecule has 0 spiro atoms. The maximum absolute atomic E-state index is 13.6. The summed E-state index contributed by atoms with van der Waals surface area (Å²) in [5.74, 6) is -1.48. The van der Waals surface area contributed by atoms with Gasteiger partial charge in [-0.05, 0) is 35.8 Å². The van der Waals surface area contributed by atoms with Gasteiger partial charge in [0.15, 0.2) is 0 Å². The summed E-state index contributed by atoms with van der Waals surface area (Å²) < 4.78 is 5.38. The van der Waals surface area contributed by atoms with Crippen molar-refractivity contribution in [2.45, 2.75) is 25.8 Å². The molecule has 0 bridgehead atoms. The van der Waals surface area contributed by atoms with Crippen LogP contribution in [0.2, 0.25) is 0 Å². The lowest BCUT2D eigenvalue weighted by molar-refractivity contribution is -0.318. The molecule has 2 unspecified atom stereocenters. The number of carboxylic acids is 1. The smallest absolute Gasteiger partial charge is 0.262 e. The summed E-state index contributed by atoms with van der Waals surface area (Å²) in [5.41, 5.74) is 0.291. The standard InChI is InChI=1S/C25H26ClNO4/c1-17(2)25(24(29)30)15-19(13-14-22(25)26)27(16-18-9-5-4-6-10-18)23(28)20-11-7-8-12-21(20)31-3/h4-15,17,22H,16H2,1-3H3,(H,29,30)/p-1. The molecule has 1 amide bonds. The summed E-state index contributed by atoms with van der Waals surface area (Å²) in [4.78, 5) is 27.4. The van der Waals surface area contributed by atoms with Crippen molar-refractivity contribution in [2.24, 2.45) is 11.3 Å². The van der Waals surface area contributed by atoms with Crippen LogP contribution in [0.25, 0.3) is 0 Å². The molecule has 31 heavy (non-hydrogen) atoms. The number of benzene rings is 2. The minimum Gasteiger partial charge on any atom is -0.549 e. The quantitative estimate of drug-likeness (QED) is 0.617. The second-order valence-electron chi connectivity index (χ2n) is 7.78. The topological polar surface area (TPSA) is 69.7 Å². The Morgan fingerprint density at radius 2 is 1.77 bits per heavy atom. The highest BCUT2D eigenvalue weighted by atomic mass is 35.5. The molecule has 6 heteroatoms. The SMILES string of the molecule is COc1ccccc1C(=O)N(Cc1ccccc1)C1=CC(C(=O)[O-])(C(C)C)C(Cl)C=C1. The second-order valence-corrected chi connectivity index (χ2v) is 8.25. The third-order valence-corrected chi connectivity index (χ3v) is 6.17. The van der Waals surface area contributed by atoms with Crippen molar-refractivity contribution in [3.05, 3.63) is 89.6 Å². The second kappa shape index (κ2) is 9.40. The zero-order chi connectivity index (χ0) is 22.6. The van der Waals surface area contributed by atoms with Gasteiger partial charge in [0.05, 0.1) is 36.0 Å². The molecule has 0 heterocycles. The molecular weight excluding hydrogens is 414 g/mol. The maximum Gasteiger partial charge on any atom is 0.262 e. The maximum atomic E-state index is 13.6. The molecule has 0 saturated carbocycles. The third kappa shape index (κ3) is 4.37. The van der Waals surface area contributed by atoms with Gasteiger partial charge in [-0.1, -0.05) is 62.4 Å². The largest absolute Gasteiger partial charge is 0.549 e. The minimum atomic E-state index is -1.44. The lowest BCUT2D eigenvalue weighted by Gasteiger charge is -2.42. The van der Waals surface area contributed by atoms with Crippen molar-refractivity contribution in [1.82, 2.24) is 4.90 Å². The number of nitrogens with zero attached hydrogens (tertiary/aromatic N) is 1. The molecule has 5 nitrogen and oxygen atoms in total. The zero-order valence-electron chi connectivity index (χ0n) is 17.7. The highest BCUT2D eigenvalue weighted by Crippen LogP contribution is 2.42. The fourth-order valence-corrected chi connectivity index (χ4v) is 4.26. The molecule has 1 aliphatic carbocycles. The summed E-state index contributed by atoms with van der Waals surface area (Å²) in [5, 5.41) is 11.4. The third-order valence-electron chi connectivity index (χ3n) is 5.67. The first-order valence-corrected chi connectivity index (χ1v) is 10.5. The Hall–Kier alpha value is -3.05. The molecule has 0 radical (unpaired) electrons. The molecule has 2 aromatic rings. The van der Waals surface area contributed by atoms with E-state index in [0.29, 0.717) is 17.0 Å². The molecule has 0 fully saturated rings. The van der Waals surface area contributed by atoms with Crippen LogP contribution >= 0.6 is 11.6 Å². The number of carboxylic acid groups (broad SMARTS) is 1. The van der Waals surface area contributed by atoms with Crippen LogP contribution in [-0.4, -0.2) is 29.3 Å². The first kappa shape index (κ1) is 22.6. The minimum absolute atomic E-state index is 0.252. The van der Waals surface area contributed by atoms with Gasteiger partial charge in [-0.25, -0.2) is 0 Å². The Morgan fingerprint density at radius 3 is 2.39 bits per heavy atom. The summed E-state index contributed by atoms with van der Waals surface area (Å²) in [6.07, 6.45) is 4.86. The summed E-state index contributed by atoms with van der Waals surface area (Å²) >= 11 is 6.43. The number of rotatable bonds is 7. The van der Waals surface area contributed by atoms with Crippen molar-refractivity contribution in [3.63, 3.8) is 0 Å². The van der Waals surface area contributed by atoms with Crippen LogP contribution in [0.4, 0.5) is 0 Å². The van der Waals surface area contributed by atoms with Crippen molar-refractivity contribution in [2.75, 3.05) is 7.11 Å². The van der Waals surface area contributed by atoms with E-state index in [-0.39, 0.29) is 18.4 Å². The van der Waals surface area contributed by atoms with Gasteiger partial charge in [0.1, 0.15) is 5.75 Å². The molecule has 3 rings (SSSR count). The average molecular weight is 439 g/mol. The Morgan fingerprint density at radius 1 is 1.13 bits per heavy atom. The molecule has 0 aromatic heterocycles. The summed E-state index contributed by atoms with van der Waals surface area (Å²) in [7, 11) is 1.51. The number of halogens is 1. The summed E-state index contributed by atoms with van der Waals surface area (Å²) in [6, 6.07) is 16.4.